The third kappa shape index (κ3) is 4.42. The lowest BCUT2D eigenvalue weighted by molar-refractivity contribution is -0.132. The van der Waals surface area contributed by atoms with Gasteiger partial charge >= 0.3 is 0 Å². The minimum Gasteiger partial charge on any atom is -0.491 e. The van der Waals surface area contributed by atoms with Gasteiger partial charge in [-0.1, -0.05) is 0 Å². The number of carbonyl (C=O) groups is 2. The van der Waals surface area contributed by atoms with Gasteiger partial charge in [0.15, 0.2) is 0 Å². The fourth-order valence-electron chi connectivity index (χ4n) is 2.25. The van der Waals surface area contributed by atoms with Gasteiger partial charge in [-0.15, -0.1) is 0 Å². The standard InChI is InChI=1S/C15H19FN2O4/c1-11(19)17-8-14(20)18-7-6-15(21,9-18)10-22-13-4-2-12(16)3-5-13/h2-5,21H,6-10H2,1H3,(H,17,19)/t15-/m0/s1. The monoisotopic (exact) mass is 310 g/mol. The zero-order valence-corrected chi connectivity index (χ0v) is 12.3. The maximum absolute atomic E-state index is 12.8. The summed E-state index contributed by atoms with van der Waals surface area (Å²) in [4.78, 5) is 24.2. The van der Waals surface area contributed by atoms with Gasteiger partial charge in [0.05, 0.1) is 13.1 Å². The highest BCUT2D eigenvalue weighted by atomic mass is 19.1. The fraction of sp³-hybridized carbons (Fsp3) is 0.467. The second-order valence-corrected chi connectivity index (χ2v) is 5.44. The molecule has 0 spiro atoms. The second-order valence-electron chi connectivity index (χ2n) is 5.44. The molecule has 2 N–H and O–H groups in total. The van der Waals surface area contributed by atoms with Gasteiger partial charge < -0.3 is 20.1 Å². The van der Waals surface area contributed by atoms with Crippen molar-refractivity contribution >= 4 is 11.8 Å². The van der Waals surface area contributed by atoms with Crippen LogP contribution in [0.15, 0.2) is 24.3 Å². The molecule has 120 valence electrons. The Kier molecular flexibility index (Phi) is 4.97. The van der Waals surface area contributed by atoms with Gasteiger partial charge in [-0.2, -0.15) is 0 Å². The predicted molar refractivity (Wildman–Crippen MR) is 76.7 cm³/mol. The molecular weight excluding hydrogens is 291 g/mol. The molecule has 0 unspecified atom stereocenters. The van der Waals surface area contributed by atoms with E-state index in [1.165, 1.54) is 36.1 Å². The summed E-state index contributed by atoms with van der Waals surface area (Å²) in [5.41, 5.74) is -1.14. The topological polar surface area (TPSA) is 78.9 Å². The Morgan fingerprint density at radius 2 is 2.09 bits per heavy atom. The summed E-state index contributed by atoms with van der Waals surface area (Å²) in [6.45, 7) is 1.82. The van der Waals surface area contributed by atoms with Crippen LogP contribution in [0.25, 0.3) is 0 Å². The van der Waals surface area contributed by atoms with Crippen molar-refractivity contribution in [3.05, 3.63) is 30.1 Å². The van der Waals surface area contributed by atoms with Crippen LogP contribution in [0.1, 0.15) is 13.3 Å². The summed E-state index contributed by atoms with van der Waals surface area (Å²) < 4.78 is 18.2. The first-order valence-electron chi connectivity index (χ1n) is 7.01. The Balaban J connectivity index is 1.83. The molecule has 22 heavy (non-hydrogen) atoms. The van der Waals surface area contributed by atoms with Crippen molar-refractivity contribution in [2.24, 2.45) is 0 Å². The van der Waals surface area contributed by atoms with Gasteiger partial charge in [0.2, 0.25) is 11.8 Å². The first-order chi connectivity index (χ1) is 10.4. The van der Waals surface area contributed by atoms with Crippen LogP contribution in [-0.2, 0) is 9.59 Å². The molecule has 1 heterocycles. The molecule has 0 aliphatic carbocycles. The number of hydrogen-bond acceptors (Lipinski definition) is 4. The first-order valence-corrected chi connectivity index (χ1v) is 7.01. The van der Waals surface area contributed by atoms with Crippen LogP contribution < -0.4 is 10.1 Å². The maximum atomic E-state index is 12.8. The number of rotatable bonds is 5. The number of β-amino-alcohol motifs (C(OH)–C–C–N with tert-alkyl or cyclic N) is 1. The molecule has 0 saturated carbocycles. The lowest BCUT2D eigenvalue weighted by Crippen LogP contribution is -2.43. The summed E-state index contributed by atoms with van der Waals surface area (Å²) in [6, 6.07) is 5.51. The van der Waals surface area contributed by atoms with Gasteiger partial charge in [-0.3, -0.25) is 9.59 Å². The average Bonchev–Trinajstić information content (AvgIpc) is 2.87. The number of amides is 2. The Bertz CT molecular complexity index is 549. The van der Waals surface area contributed by atoms with Gasteiger partial charge in [-0.25, -0.2) is 4.39 Å². The molecule has 2 amide bonds. The zero-order valence-electron chi connectivity index (χ0n) is 12.3. The lowest BCUT2D eigenvalue weighted by Gasteiger charge is -2.23. The Morgan fingerprint density at radius 3 is 2.73 bits per heavy atom. The van der Waals surface area contributed by atoms with Crippen molar-refractivity contribution in [3.63, 3.8) is 0 Å². The summed E-state index contributed by atoms with van der Waals surface area (Å²) in [7, 11) is 0. The van der Waals surface area contributed by atoms with Gasteiger partial charge in [0.25, 0.3) is 0 Å². The number of nitrogens with zero attached hydrogens (tertiary/aromatic N) is 1. The maximum Gasteiger partial charge on any atom is 0.242 e. The Hall–Kier alpha value is -2.15. The molecule has 6 nitrogen and oxygen atoms in total. The summed E-state index contributed by atoms with van der Waals surface area (Å²) in [6.07, 6.45) is 0.389. The average molecular weight is 310 g/mol. The molecule has 0 bridgehead atoms. The molecule has 1 fully saturated rings. The number of halogens is 1. The number of nitrogens with one attached hydrogen (secondary N) is 1. The molecular formula is C15H19FN2O4. The van der Waals surface area contributed by atoms with Crippen molar-refractivity contribution in [2.45, 2.75) is 18.9 Å². The highest BCUT2D eigenvalue weighted by Gasteiger charge is 2.38. The van der Waals surface area contributed by atoms with E-state index in [2.05, 4.69) is 5.32 Å². The summed E-state index contributed by atoms with van der Waals surface area (Å²) >= 11 is 0. The van der Waals surface area contributed by atoms with Crippen LogP contribution in [0.5, 0.6) is 5.75 Å². The molecule has 7 heteroatoms. The van der Waals surface area contributed by atoms with E-state index in [1.807, 2.05) is 0 Å². The third-order valence-electron chi connectivity index (χ3n) is 3.49. The van der Waals surface area contributed by atoms with E-state index >= 15 is 0 Å². The Morgan fingerprint density at radius 1 is 1.41 bits per heavy atom. The number of likely N-dealkylation sites (tertiary alicyclic amines) is 1. The smallest absolute Gasteiger partial charge is 0.242 e. The minimum absolute atomic E-state index is 0.0164. The SMILES string of the molecule is CC(=O)NCC(=O)N1CC[C@@](O)(COc2ccc(F)cc2)C1. The molecule has 1 aromatic carbocycles. The van der Waals surface area contributed by atoms with Gasteiger partial charge in [0, 0.05) is 13.5 Å². The van der Waals surface area contributed by atoms with E-state index < -0.39 is 5.60 Å². The van der Waals surface area contributed by atoms with E-state index in [4.69, 9.17) is 4.74 Å². The van der Waals surface area contributed by atoms with E-state index in [9.17, 15) is 19.1 Å². The minimum atomic E-state index is -1.14. The molecule has 1 atom stereocenters. The molecule has 1 saturated heterocycles. The number of benzene rings is 1. The largest absolute Gasteiger partial charge is 0.491 e. The van der Waals surface area contributed by atoms with Crippen molar-refractivity contribution < 1.29 is 23.8 Å². The van der Waals surface area contributed by atoms with Crippen molar-refractivity contribution in [1.82, 2.24) is 10.2 Å². The zero-order chi connectivity index (χ0) is 16.2. The predicted octanol–water partition coefficient (Wildman–Crippen LogP) is 0.304. The fourth-order valence-corrected chi connectivity index (χ4v) is 2.25. The molecule has 0 radical (unpaired) electrons. The highest BCUT2D eigenvalue weighted by molar-refractivity contribution is 5.83. The number of carbonyl (C=O) groups excluding carboxylic acids is 2. The molecule has 0 aromatic heterocycles. The number of hydrogen-bond donors (Lipinski definition) is 2. The summed E-state index contributed by atoms with van der Waals surface area (Å²) in [5.74, 6) is -0.421. The van der Waals surface area contributed by atoms with Crippen molar-refractivity contribution in [2.75, 3.05) is 26.2 Å². The van der Waals surface area contributed by atoms with Crippen LogP contribution in [-0.4, -0.2) is 53.7 Å². The Labute approximate surface area is 127 Å². The van der Waals surface area contributed by atoms with Crippen molar-refractivity contribution in [1.29, 1.82) is 0 Å². The molecule has 2 rings (SSSR count). The van der Waals surface area contributed by atoms with Gasteiger partial charge in [-0.05, 0) is 30.7 Å². The third-order valence-corrected chi connectivity index (χ3v) is 3.49. The molecule has 1 aromatic rings. The first kappa shape index (κ1) is 16.2. The highest BCUT2D eigenvalue weighted by Crippen LogP contribution is 2.23. The quantitative estimate of drug-likeness (QED) is 0.820. The van der Waals surface area contributed by atoms with Crippen molar-refractivity contribution in [3.8, 4) is 5.75 Å². The summed E-state index contributed by atoms with van der Waals surface area (Å²) in [5, 5.41) is 12.9. The van der Waals surface area contributed by atoms with Crippen LogP contribution in [0.2, 0.25) is 0 Å². The van der Waals surface area contributed by atoms with Crippen LogP contribution in [0.4, 0.5) is 4.39 Å². The lowest BCUT2D eigenvalue weighted by atomic mass is 10.1. The van der Waals surface area contributed by atoms with Crippen LogP contribution in [0.3, 0.4) is 0 Å². The van der Waals surface area contributed by atoms with Crippen LogP contribution in [0, 0.1) is 5.82 Å². The van der Waals surface area contributed by atoms with E-state index in [0.29, 0.717) is 18.7 Å². The van der Waals surface area contributed by atoms with Gasteiger partial charge in [0.1, 0.15) is 23.8 Å². The van der Waals surface area contributed by atoms with E-state index in [1.54, 1.807) is 0 Å². The normalized spacial score (nSPS) is 20.8. The van der Waals surface area contributed by atoms with E-state index in [0.717, 1.165) is 0 Å². The molecule has 1 aliphatic heterocycles. The van der Waals surface area contributed by atoms with Crippen LogP contribution >= 0.6 is 0 Å². The second kappa shape index (κ2) is 6.74. The number of aliphatic hydroxyl groups is 1. The molecule has 1 aliphatic rings. The number of ether oxygens (including phenoxy) is 1. The van der Waals surface area contributed by atoms with E-state index in [-0.39, 0.29) is 37.3 Å².